The van der Waals surface area contributed by atoms with E-state index in [1.807, 2.05) is 19.9 Å². The van der Waals surface area contributed by atoms with Gasteiger partial charge in [-0.15, -0.1) is 0 Å². The lowest BCUT2D eigenvalue weighted by atomic mass is 10.2. The van der Waals surface area contributed by atoms with Crippen molar-refractivity contribution in [1.82, 2.24) is 15.5 Å². The Morgan fingerprint density at radius 3 is 2.81 bits per heavy atom. The highest BCUT2D eigenvalue weighted by atomic mass is 16.5. The van der Waals surface area contributed by atoms with Crippen LogP contribution in [-0.4, -0.2) is 10.1 Å². The number of nitrogens with one attached hydrogen (secondary N) is 1. The highest BCUT2D eigenvalue weighted by Gasteiger charge is 2.12. The summed E-state index contributed by atoms with van der Waals surface area (Å²) in [6.07, 6.45) is 1.69. The van der Waals surface area contributed by atoms with Gasteiger partial charge >= 0.3 is 0 Å². The zero-order valence-electron chi connectivity index (χ0n) is 9.65. The van der Waals surface area contributed by atoms with Crippen LogP contribution in [0.3, 0.4) is 0 Å². The molecule has 0 aromatic carbocycles. The van der Waals surface area contributed by atoms with E-state index in [0.29, 0.717) is 18.3 Å². The van der Waals surface area contributed by atoms with Gasteiger partial charge in [0.05, 0.1) is 18.8 Å². The Bertz CT molecular complexity index is 461. The van der Waals surface area contributed by atoms with Crippen molar-refractivity contribution in [2.45, 2.75) is 33.4 Å². The van der Waals surface area contributed by atoms with Gasteiger partial charge in [-0.05, 0) is 32.4 Å². The predicted molar refractivity (Wildman–Crippen MR) is 57.7 cm³/mol. The first-order valence-electron chi connectivity index (χ1n) is 5.23. The zero-order valence-corrected chi connectivity index (χ0v) is 9.65. The van der Waals surface area contributed by atoms with Gasteiger partial charge in [0.1, 0.15) is 5.76 Å². The Kier molecular flexibility index (Phi) is 3.05. The minimum Gasteiger partial charge on any atom is -0.467 e. The van der Waals surface area contributed by atoms with Crippen LogP contribution in [-0.2, 0) is 6.54 Å². The minimum absolute atomic E-state index is 0.127. The van der Waals surface area contributed by atoms with Gasteiger partial charge in [0.2, 0.25) is 5.89 Å². The third-order valence-electron chi connectivity index (χ3n) is 2.42. The summed E-state index contributed by atoms with van der Waals surface area (Å²) in [6.45, 7) is 6.40. The second kappa shape index (κ2) is 4.49. The van der Waals surface area contributed by atoms with Crippen LogP contribution in [0.15, 0.2) is 21.3 Å². The molecule has 0 fully saturated rings. The van der Waals surface area contributed by atoms with E-state index in [0.717, 1.165) is 11.3 Å². The molecule has 16 heavy (non-hydrogen) atoms. The molecule has 1 atom stereocenters. The summed E-state index contributed by atoms with van der Waals surface area (Å²) >= 11 is 0. The second-order valence-corrected chi connectivity index (χ2v) is 3.81. The van der Waals surface area contributed by atoms with Crippen molar-refractivity contribution in [2.24, 2.45) is 0 Å². The van der Waals surface area contributed by atoms with Crippen molar-refractivity contribution in [2.75, 3.05) is 0 Å². The van der Waals surface area contributed by atoms with Gasteiger partial charge in [0.15, 0.2) is 5.82 Å². The van der Waals surface area contributed by atoms with Crippen molar-refractivity contribution in [3.8, 4) is 0 Å². The van der Waals surface area contributed by atoms with E-state index in [4.69, 9.17) is 8.94 Å². The van der Waals surface area contributed by atoms with Crippen molar-refractivity contribution < 1.29 is 8.94 Å². The molecule has 86 valence electrons. The van der Waals surface area contributed by atoms with E-state index in [-0.39, 0.29) is 6.04 Å². The summed E-state index contributed by atoms with van der Waals surface area (Å²) in [5, 5.41) is 6.99. The molecule has 0 amide bonds. The summed E-state index contributed by atoms with van der Waals surface area (Å²) in [6, 6.07) is 2.08. The van der Waals surface area contributed by atoms with Gasteiger partial charge in [-0.2, -0.15) is 4.98 Å². The molecule has 5 heteroatoms. The standard InChI is InChI=1S/C11H15N3O2/c1-7-4-5-15-11(7)8(2)12-6-10-13-9(3)14-16-10/h4-5,8,12H,6H2,1-3H3. The minimum atomic E-state index is 0.127. The SMILES string of the molecule is Cc1noc(CNC(C)c2occc2C)n1. The molecular formula is C11H15N3O2. The first-order valence-corrected chi connectivity index (χ1v) is 5.23. The van der Waals surface area contributed by atoms with Crippen LogP contribution in [0, 0.1) is 13.8 Å². The molecule has 2 heterocycles. The van der Waals surface area contributed by atoms with Gasteiger partial charge in [-0.25, -0.2) is 0 Å². The lowest BCUT2D eigenvalue weighted by Gasteiger charge is -2.10. The van der Waals surface area contributed by atoms with Gasteiger partial charge in [0.25, 0.3) is 0 Å². The van der Waals surface area contributed by atoms with Crippen LogP contribution in [0.2, 0.25) is 0 Å². The lowest BCUT2D eigenvalue weighted by Crippen LogP contribution is -2.18. The van der Waals surface area contributed by atoms with E-state index in [1.165, 1.54) is 0 Å². The maximum atomic E-state index is 5.39. The molecule has 5 nitrogen and oxygen atoms in total. The summed E-state index contributed by atoms with van der Waals surface area (Å²) in [5.74, 6) is 2.18. The molecule has 0 radical (unpaired) electrons. The maximum absolute atomic E-state index is 5.39. The van der Waals surface area contributed by atoms with Gasteiger partial charge in [0, 0.05) is 0 Å². The number of hydrogen-bond donors (Lipinski definition) is 1. The van der Waals surface area contributed by atoms with Crippen LogP contribution >= 0.6 is 0 Å². The summed E-state index contributed by atoms with van der Waals surface area (Å²) < 4.78 is 10.4. The van der Waals surface area contributed by atoms with Crippen molar-refractivity contribution in [1.29, 1.82) is 0 Å². The third kappa shape index (κ3) is 2.30. The lowest BCUT2D eigenvalue weighted by molar-refractivity contribution is 0.347. The fraction of sp³-hybridized carbons (Fsp3) is 0.455. The molecule has 0 spiro atoms. The topological polar surface area (TPSA) is 64.1 Å². The Morgan fingerprint density at radius 2 is 2.25 bits per heavy atom. The number of nitrogens with zero attached hydrogens (tertiary/aromatic N) is 2. The Morgan fingerprint density at radius 1 is 1.44 bits per heavy atom. The number of hydrogen-bond acceptors (Lipinski definition) is 5. The summed E-state index contributed by atoms with van der Waals surface area (Å²) in [4.78, 5) is 4.12. The molecule has 1 unspecified atom stereocenters. The van der Waals surface area contributed by atoms with Crippen LogP contribution in [0.4, 0.5) is 0 Å². The molecule has 1 N–H and O–H groups in total. The van der Waals surface area contributed by atoms with Crippen molar-refractivity contribution in [3.05, 3.63) is 35.4 Å². The van der Waals surface area contributed by atoms with Gasteiger partial charge in [-0.1, -0.05) is 5.16 Å². The number of aromatic nitrogens is 2. The van der Waals surface area contributed by atoms with Crippen LogP contribution in [0.5, 0.6) is 0 Å². The van der Waals surface area contributed by atoms with Crippen LogP contribution < -0.4 is 5.32 Å². The van der Waals surface area contributed by atoms with Gasteiger partial charge in [-0.3, -0.25) is 5.32 Å². The van der Waals surface area contributed by atoms with E-state index in [1.54, 1.807) is 13.2 Å². The van der Waals surface area contributed by atoms with Crippen LogP contribution in [0.25, 0.3) is 0 Å². The molecule has 0 bridgehead atoms. The average molecular weight is 221 g/mol. The normalized spacial score (nSPS) is 12.9. The van der Waals surface area contributed by atoms with Crippen molar-refractivity contribution in [3.63, 3.8) is 0 Å². The Labute approximate surface area is 93.8 Å². The van der Waals surface area contributed by atoms with Gasteiger partial charge < -0.3 is 8.94 Å². The molecule has 2 aromatic rings. The van der Waals surface area contributed by atoms with Crippen molar-refractivity contribution >= 4 is 0 Å². The first-order chi connectivity index (χ1) is 7.66. The fourth-order valence-electron chi connectivity index (χ4n) is 1.57. The first kappa shape index (κ1) is 10.9. The number of aryl methyl sites for hydroxylation is 2. The molecule has 0 saturated carbocycles. The quantitative estimate of drug-likeness (QED) is 0.856. The molecule has 2 aromatic heterocycles. The van der Waals surface area contributed by atoms with E-state index in [2.05, 4.69) is 15.5 Å². The summed E-state index contributed by atoms with van der Waals surface area (Å²) in [5.41, 5.74) is 1.14. The van der Waals surface area contributed by atoms with Crippen LogP contribution in [0.1, 0.15) is 36.0 Å². The monoisotopic (exact) mass is 221 g/mol. The van der Waals surface area contributed by atoms with E-state index in [9.17, 15) is 0 Å². The molecule has 0 aliphatic heterocycles. The van der Waals surface area contributed by atoms with E-state index < -0.39 is 0 Å². The molecular weight excluding hydrogens is 206 g/mol. The maximum Gasteiger partial charge on any atom is 0.240 e. The molecule has 0 saturated heterocycles. The molecule has 2 rings (SSSR count). The highest BCUT2D eigenvalue weighted by Crippen LogP contribution is 2.18. The molecule has 0 aliphatic carbocycles. The zero-order chi connectivity index (χ0) is 11.5. The highest BCUT2D eigenvalue weighted by molar-refractivity contribution is 5.17. The Hall–Kier alpha value is -1.62. The summed E-state index contributed by atoms with van der Waals surface area (Å²) in [7, 11) is 0. The van der Waals surface area contributed by atoms with E-state index >= 15 is 0 Å². The smallest absolute Gasteiger partial charge is 0.240 e. The largest absolute Gasteiger partial charge is 0.467 e. The average Bonchev–Trinajstić information content (AvgIpc) is 2.84. The predicted octanol–water partition coefficient (Wildman–Crippen LogP) is 2.13. The Balaban J connectivity index is 1.93. The fourth-order valence-corrected chi connectivity index (χ4v) is 1.57. The number of rotatable bonds is 4. The molecule has 0 aliphatic rings. The number of furan rings is 1. The third-order valence-corrected chi connectivity index (χ3v) is 2.42. The second-order valence-electron chi connectivity index (χ2n) is 3.81.